The Morgan fingerprint density at radius 3 is 2.72 bits per heavy atom. The molecule has 1 fully saturated rings. The van der Waals surface area contributed by atoms with Crippen LogP contribution in [-0.2, 0) is 9.53 Å². The topological polar surface area (TPSA) is 78.9 Å². The Hall–Kier alpha value is -2.08. The molecule has 0 aliphatic carbocycles. The highest BCUT2D eigenvalue weighted by molar-refractivity contribution is 5.95. The van der Waals surface area contributed by atoms with E-state index in [2.05, 4.69) is 19.2 Å². The number of aromatic hydroxyl groups is 1. The number of nitrogens with one attached hydrogen (secondary N) is 1. The van der Waals surface area contributed by atoms with Crippen molar-refractivity contribution in [2.45, 2.75) is 39.7 Å². The molecule has 2 amide bonds. The Bertz CT molecular complexity index is 622. The van der Waals surface area contributed by atoms with Gasteiger partial charge in [-0.2, -0.15) is 0 Å². The van der Waals surface area contributed by atoms with Gasteiger partial charge in [0.25, 0.3) is 5.91 Å². The molecular formula is C19H28N2O4. The summed E-state index contributed by atoms with van der Waals surface area (Å²) in [6, 6.07) is 4.84. The second-order valence-electron chi connectivity index (χ2n) is 7.56. The largest absolute Gasteiger partial charge is 0.508 e. The summed E-state index contributed by atoms with van der Waals surface area (Å²) in [5.41, 5.74) is 1.31. The summed E-state index contributed by atoms with van der Waals surface area (Å²) in [4.78, 5) is 26.6. The van der Waals surface area contributed by atoms with E-state index in [0.29, 0.717) is 31.7 Å². The van der Waals surface area contributed by atoms with Gasteiger partial charge in [-0.15, -0.1) is 0 Å². The number of nitrogens with zero attached hydrogens (tertiary/aromatic N) is 1. The van der Waals surface area contributed by atoms with Crippen molar-refractivity contribution in [1.29, 1.82) is 0 Å². The van der Waals surface area contributed by atoms with Gasteiger partial charge in [-0.3, -0.25) is 9.59 Å². The number of ether oxygens (including phenoxy) is 1. The molecule has 0 saturated carbocycles. The van der Waals surface area contributed by atoms with Crippen LogP contribution in [0.4, 0.5) is 0 Å². The van der Waals surface area contributed by atoms with E-state index >= 15 is 0 Å². The highest BCUT2D eigenvalue weighted by Gasteiger charge is 2.40. The van der Waals surface area contributed by atoms with Crippen LogP contribution in [0.25, 0.3) is 0 Å². The number of likely N-dealkylation sites (tertiary alicyclic amines) is 1. The minimum Gasteiger partial charge on any atom is -0.508 e. The summed E-state index contributed by atoms with van der Waals surface area (Å²) in [5, 5.41) is 12.7. The number of hydrogen-bond donors (Lipinski definition) is 2. The average molecular weight is 348 g/mol. The van der Waals surface area contributed by atoms with Gasteiger partial charge in [0.05, 0.1) is 6.61 Å². The summed E-state index contributed by atoms with van der Waals surface area (Å²) in [6.07, 6.45) is 1.13. The Morgan fingerprint density at radius 1 is 1.36 bits per heavy atom. The van der Waals surface area contributed by atoms with Gasteiger partial charge in [0.2, 0.25) is 5.91 Å². The molecule has 6 heteroatoms. The number of rotatable bonds is 6. The number of amides is 2. The van der Waals surface area contributed by atoms with E-state index in [9.17, 15) is 14.7 Å². The smallest absolute Gasteiger partial charge is 0.254 e. The average Bonchev–Trinajstić information content (AvgIpc) is 2.84. The van der Waals surface area contributed by atoms with Crippen molar-refractivity contribution in [3.05, 3.63) is 29.3 Å². The first-order chi connectivity index (χ1) is 11.7. The second-order valence-corrected chi connectivity index (χ2v) is 7.56. The molecule has 0 spiro atoms. The molecule has 6 nitrogen and oxygen atoms in total. The third kappa shape index (κ3) is 5.19. The molecule has 1 heterocycles. The number of phenols is 1. The number of aryl methyl sites for hydroxylation is 1. The van der Waals surface area contributed by atoms with Crippen LogP contribution < -0.4 is 5.32 Å². The van der Waals surface area contributed by atoms with Crippen LogP contribution in [0, 0.1) is 12.3 Å². The van der Waals surface area contributed by atoms with Gasteiger partial charge in [-0.05, 0) is 42.5 Å². The van der Waals surface area contributed by atoms with Gasteiger partial charge in [-0.25, -0.2) is 0 Å². The second kappa shape index (κ2) is 7.87. The van der Waals surface area contributed by atoms with Crippen molar-refractivity contribution < 1.29 is 19.4 Å². The molecule has 1 aromatic carbocycles. The maximum Gasteiger partial charge on any atom is 0.254 e. The number of benzene rings is 1. The van der Waals surface area contributed by atoms with Crippen molar-refractivity contribution in [3.8, 4) is 5.75 Å². The fourth-order valence-electron chi connectivity index (χ4n) is 3.39. The van der Waals surface area contributed by atoms with E-state index in [1.807, 2.05) is 11.8 Å². The minimum absolute atomic E-state index is 0.0105. The van der Waals surface area contributed by atoms with Crippen LogP contribution in [0.1, 0.15) is 42.6 Å². The molecule has 0 aromatic heterocycles. The van der Waals surface area contributed by atoms with Gasteiger partial charge in [0.1, 0.15) is 5.75 Å². The summed E-state index contributed by atoms with van der Waals surface area (Å²) in [7, 11) is 1.56. The fourth-order valence-corrected chi connectivity index (χ4v) is 3.39. The molecule has 1 unspecified atom stereocenters. The van der Waals surface area contributed by atoms with Crippen molar-refractivity contribution in [2.75, 3.05) is 26.8 Å². The quantitative estimate of drug-likeness (QED) is 0.825. The molecule has 138 valence electrons. The lowest BCUT2D eigenvalue weighted by Crippen LogP contribution is -2.43. The summed E-state index contributed by atoms with van der Waals surface area (Å²) < 4.78 is 4.91. The summed E-state index contributed by atoms with van der Waals surface area (Å²) in [5.74, 6) is -0.0981. The predicted molar refractivity (Wildman–Crippen MR) is 95.6 cm³/mol. The van der Waals surface area contributed by atoms with Gasteiger partial charge in [-0.1, -0.05) is 13.8 Å². The highest BCUT2D eigenvalue weighted by Crippen LogP contribution is 2.35. The third-order valence-electron chi connectivity index (χ3n) is 4.47. The van der Waals surface area contributed by atoms with E-state index < -0.39 is 0 Å². The monoisotopic (exact) mass is 348 g/mol. The number of methoxy groups -OCH3 is 1. The lowest BCUT2D eigenvalue weighted by molar-refractivity contribution is -0.122. The van der Waals surface area contributed by atoms with E-state index in [4.69, 9.17) is 4.74 Å². The Kier molecular flexibility index (Phi) is 6.06. The first-order valence-electron chi connectivity index (χ1n) is 8.59. The Morgan fingerprint density at radius 2 is 2.08 bits per heavy atom. The van der Waals surface area contributed by atoms with Crippen molar-refractivity contribution in [2.24, 2.45) is 5.41 Å². The molecule has 1 aliphatic heterocycles. The molecular weight excluding hydrogens is 320 g/mol. The van der Waals surface area contributed by atoms with Gasteiger partial charge >= 0.3 is 0 Å². The van der Waals surface area contributed by atoms with E-state index in [-0.39, 0.29) is 29.0 Å². The van der Waals surface area contributed by atoms with Crippen LogP contribution in [0.3, 0.4) is 0 Å². The van der Waals surface area contributed by atoms with Crippen LogP contribution in [-0.4, -0.2) is 54.7 Å². The van der Waals surface area contributed by atoms with E-state index in [1.54, 1.807) is 19.2 Å². The maximum absolute atomic E-state index is 12.9. The fraction of sp³-hybridized carbons (Fsp3) is 0.579. The van der Waals surface area contributed by atoms with Crippen LogP contribution >= 0.6 is 0 Å². The lowest BCUT2D eigenvalue weighted by Gasteiger charge is -2.25. The molecule has 1 aliphatic rings. The van der Waals surface area contributed by atoms with Gasteiger partial charge in [0.15, 0.2) is 0 Å². The third-order valence-corrected chi connectivity index (χ3v) is 4.47. The van der Waals surface area contributed by atoms with Crippen molar-refractivity contribution in [3.63, 3.8) is 0 Å². The van der Waals surface area contributed by atoms with Crippen LogP contribution in [0.2, 0.25) is 0 Å². The summed E-state index contributed by atoms with van der Waals surface area (Å²) >= 11 is 0. The van der Waals surface area contributed by atoms with Crippen LogP contribution in [0.15, 0.2) is 18.2 Å². The SMILES string of the molecule is COCCC(=O)NCC1CC(C)(C)CN1C(=O)c1cc(C)cc(O)c1. The molecule has 0 radical (unpaired) electrons. The normalized spacial score (nSPS) is 19.0. The predicted octanol–water partition coefficient (Wildman–Crippen LogP) is 2.09. The molecule has 25 heavy (non-hydrogen) atoms. The standard InChI is InChI=1S/C19H28N2O4/c1-13-7-14(9-16(22)8-13)18(24)21-12-19(2,3)10-15(21)11-20-17(23)5-6-25-4/h7-9,15,22H,5-6,10-12H2,1-4H3,(H,20,23). The molecule has 2 rings (SSSR count). The molecule has 1 saturated heterocycles. The van der Waals surface area contributed by atoms with Gasteiger partial charge < -0.3 is 20.1 Å². The number of carbonyl (C=O) groups excluding carboxylic acids is 2. The molecule has 1 atom stereocenters. The van der Waals surface area contributed by atoms with Crippen molar-refractivity contribution >= 4 is 11.8 Å². The zero-order valence-electron chi connectivity index (χ0n) is 15.5. The molecule has 0 bridgehead atoms. The van der Waals surface area contributed by atoms with Crippen molar-refractivity contribution in [1.82, 2.24) is 10.2 Å². The first-order valence-corrected chi connectivity index (χ1v) is 8.59. The first kappa shape index (κ1) is 19.2. The minimum atomic E-state index is -0.110. The Balaban J connectivity index is 2.10. The van der Waals surface area contributed by atoms with Gasteiger partial charge in [0, 0.05) is 38.2 Å². The number of phenolic OH excluding ortho intramolecular Hbond substituents is 1. The molecule has 1 aromatic rings. The highest BCUT2D eigenvalue weighted by atomic mass is 16.5. The maximum atomic E-state index is 12.9. The van der Waals surface area contributed by atoms with Crippen LogP contribution in [0.5, 0.6) is 5.75 Å². The summed E-state index contributed by atoms with van der Waals surface area (Å²) in [6.45, 7) is 7.52. The lowest BCUT2D eigenvalue weighted by atomic mass is 9.91. The number of carbonyl (C=O) groups is 2. The Labute approximate surface area is 149 Å². The molecule has 2 N–H and O–H groups in total. The zero-order chi connectivity index (χ0) is 18.6. The van der Waals surface area contributed by atoms with E-state index in [1.165, 1.54) is 6.07 Å². The van der Waals surface area contributed by atoms with E-state index in [0.717, 1.165) is 12.0 Å². The zero-order valence-corrected chi connectivity index (χ0v) is 15.5. The number of hydrogen-bond acceptors (Lipinski definition) is 4.